The minimum Gasteiger partial charge on any atom is -0.496 e. The van der Waals surface area contributed by atoms with Crippen LogP contribution in [0.25, 0.3) is 0 Å². The standard InChI is InChI=1S/C18H24N2O3S/c1-22-16-6-4-12(8-14(16)17(21)23-2)10-19-18(24)20-15-9-11-3-5-13(15)7-11/h4,6,8,11,13,15H,3,5,7,9-10H2,1-2H3,(H2,19,20,24)/t11-,13-,15-/m1/s1. The molecule has 2 aliphatic carbocycles. The van der Waals surface area contributed by atoms with Crippen molar-refractivity contribution in [2.45, 2.75) is 38.3 Å². The van der Waals surface area contributed by atoms with Gasteiger partial charge >= 0.3 is 5.97 Å². The van der Waals surface area contributed by atoms with Crippen molar-refractivity contribution in [1.82, 2.24) is 10.6 Å². The minimum atomic E-state index is -0.406. The molecule has 2 N–H and O–H groups in total. The van der Waals surface area contributed by atoms with Gasteiger partial charge in [0.2, 0.25) is 0 Å². The molecule has 0 spiro atoms. The van der Waals surface area contributed by atoms with Crippen LogP contribution in [0, 0.1) is 11.8 Å². The van der Waals surface area contributed by atoms with E-state index >= 15 is 0 Å². The summed E-state index contributed by atoms with van der Waals surface area (Å²) in [6.07, 6.45) is 5.29. The maximum absolute atomic E-state index is 11.8. The molecule has 0 aliphatic heterocycles. The fourth-order valence-corrected chi connectivity index (χ4v) is 4.18. The van der Waals surface area contributed by atoms with Crippen molar-refractivity contribution in [1.29, 1.82) is 0 Å². The third-order valence-electron chi connectivity index (χ3n) is 5.18. The van der Waals surface area contributed by atoms with Crippen LogP contribution in [0.2, 0.25) is 0 Å². The Morgan fingerprint density at radius 1 is 1.29 bits per heavy atom. The SMILES string of the molecule is COC(=O)c1cc(CNC(=S)N[C@@H]2C[C@@H]3CC[C@@H]2C3)ccc1OC. The van der Waals surface area contributed by atoms with Crippen LogP contribution in [-0.2, 0) is 11.3 Å². The van der Waals surface area contributed by atoms with E-state index in [1.165, 1.54) is 39.9 Å². The summed E-state index contributed by atoms with van der Waals surface area (Å²) in [5.41, 5.74) is 1.37. The van der Waals surface area contributed by atoms with E-state index in [-0.39, 0.29) is 0 Å². The first-order valence-corrected chi connectivity index (χ1v) is 8.81. The highest BCUT2D eigenvalue weighted by Crippen LogP contribution is 2.44. The molecule has 1 aromatic carbocycles. The summed E-state index contributed by atoms with van der Waals surface area (Å²) in [4.78, 5) is 11.8. The van der Waals surface area contributed by atoms with Crippen LogP contribution in [0.3, 0.4) is 0 Å². The molecule has 2 aliphatic rings. The van der Waals surface area contributed by atoms with Gasteiger partial charge < -0.3 is 20.1 Å². The van der Waals surface area contributed by atoms with E-state index in [9.17, 15) is 4.79 Å². The second-order valence-corrected chi connectivity index (χ2v) is 7.04. The number of rotatable bonds is 5. The van der Waals surface area contributed by atoms with Crippen LogP contribution in [0.15, 0.2) is 18.2 Å². The molecule has 24 heavy (non-hydrogen) atoms. The van der Waals surface area contributed by atoms with Crippen molar-refractivity contribution >= 4 is 23.3 Å². The van der Waals surface area contributed by atoms with Gasteiger partial charge in [0.15, 0.2) is 5.11 Å². The number of methoxy groups -OCH3 is 2. The normalized spacial score (nSPS) is 24.5. The molecule has 130 valence electrons. The number of nitrogens with one attached hydrogen (secondary N) is 2. The predicted octanol–water partition coefficient (Wildman–Crippen LogP) is 2.63. The number of hydrogen-bond acceptors (Lipinski definition) is 4. The number of thiocarbonyl (C=S) groups is 1. The van der Waals surface area contributed by atoms with Crippen molar-refractivity contribution in [3.8, 4) is 5.75 Å². The highest BCUT2D eigenvalue weighted by Gasteiger charge is 2.39. The fraction of sp³-hybridized carbons (Fsp3) is 0.556. The van der Waals surface area contributed by atoms with Crippen LogP contribution >= 0.6 is 12.2 Å². The predicted molar refractivity (Wildman–Crippen MR) is 96.1 cm³/mol. The number of carbonyl (C=O) groups is 1. The molecule has 0 amide bonds. The van der Waals surface area contributed by atoms with E-state index in [0.717, 1.165) is 17.4 Å². The smallest absolute Gasteiger partial charge is 0.341 e. The molecular weight excluding hydrogens is 324 g/mol. The third-order valence-corrected chi connectivity index (χ3v) is 5.44. The first-order chi connectivity index (χ1) is 11.6. The lowest BCUT2D eigenvalue weighted by molar-refractivity contribution is 0.0597. The van der Waals surface area contributed by atoms with Gasteiger partial charge in [0, 0.05) is 12.6 Å². The maximum Gasteiger partial charge on any atom is 0.341 e. The molecule has 2 bridgehead atoms. The van der Waals surface area contributed by atoms with Gasteiger partial charge in [0.05, 0.1) is 14.2 Å². The molecule has 1 aromatic rings. The van der Waals surface area contributed by atoms with E-state index in [0.29, 0.717) is 29.0 Å². The molecule has 2 fully saturated rings. The van der Waals surface area contributed by atoms with Gasteiger partial charge in [-0.2, -0.15) is 0 Å². The van der Waals surface area contributed by atoms with Gasteiger partial charge in [-0.15, -0.1) is 0 Å². The van der Waals surface area contributed by atoms with Gasteiger partial charge in [-0.3, -0.25) is 0 Å². The number of carbonyl (C=O) groups excluding carboxylic acids is 1. The fourth-order valence-electron chi connectivity index (χ4n) is 3.96. The zero-order chi connectivity index (χ0) is 17.1. The van der Waals surface area contributed by atoms with E-state index < -0.39 is 5.97 Å². The number of fused-ring (bicyclic) bond motifs is 2. The Hall–Kier alpha value is -1.82. The lowest BCUT2D eigenvalue weighted by atomic mass is 9.96. The van der Waals surface area contributed by atoms with Crippen molar-refractivity contribution < 1.29 is 14.3 Å². The van der Waals surface area contributed by atoms with E-state index in [2.05, 4.69) is 10.6 Å². The van der Waals surface area contributed by atoms with E-state index in [1.54, 1.807) is 12.1 Å². The summed E-state index contributed by atoms with van der Waals surface area (Å²) >= 11 is 5.42. The topological polar surface area (TPSA) is 59.6 Å². The van der Waals surface area contributed by atoms with Gasteiger partial charge in [0.25, 0.3) is 0 Å². The Morgan fingerprint density at radius 3 is 2.75 bits per heavy atom. The van der Waals surface area contributed by atoms with Crippen LogP contribution in [-0.4, -0.2) is 31.3 Å². The first-order valence-electron chi connectivity index (χ1n) is 8.40. The van der Waals surface area contributed by atoms with E-state index in [1.807, 2.05) is 6.07 Å². The second-order valence-electron chi connectivity index (χ2n) is 6.63. The first kappa shape index (κ1) is 17.0. The second kappa shape index (κ2) is 7.38. The summed E-state index contributed by atoms with van der Waals surface area (Å²) in [6.45, 7) is 0.556. The molecule has 5 nitrogen and oxygen atoms in total. The van der Waals surface area contributed by atoms with Crippen molar-refractivity contribution in [2.24, 2.45) is 11.8 Å². The molecular formula is C18H24N2O3S. The summed E-state index contributed by atoms with van der Waals surface area (Å²) < 4.78 is 10.0. The molecule has 0 saturated heterocycles. The molecule has 0 unspecified atom stereocenters. The molecule has 0 heterocycles. The average molecular weight is 348 g/mol. The Labute approximate surface area is 148 Å². The Kier molecular flexibility index (Phi) is 5.23. The molecule has 3 atom stereocenters. The van der Waals surface area contributed by atoms with Crippen molar-refractivity contribution in [3.63, 3.8) is 0 Å². The largest absolute Gasteiger partial charge is 0.496 e. The summed E-state index contributed by atoms with van der Waals surface area (Å²) in [5, 5.41) is 7.37. The van der Waals surface area contributed by atoms with Crippen molar-refractivity contribution in [3.05, 3.63) is 29.3 Å². The number of ether oxygens (including phenoxy) is 2. The Bertz CT molecular complexity index is 635. The van der Waals surface area contributed by atoms with E-state index in [4.69, 9.17) is 21.7 Å². The van der Waals surface area contributed by atoms with Gasteiger partial charge in [-0.25, -0.2) is 4.79 Å². The van der Waals surface area contributed by atoms with Crippen LogP contribution < -0.4 is 15.4 Å². The van der Waals surface area contributed by atoms with Crippen LogP contribution in [0.1, 0.15) is 41.6 Å². The highest BCUT2D eigenvalue weighted by atomic mass is 32.1. The van der Waals surface area contributed by atoms with Gasteiger partial charge in [0.1, 0.15) is 11.3 Å². The van der Waals surface area contributed by atoms with Crippen molar-refractivity contribution in [2.75, 3.05) is 14.2 Å². The zero-order valence-corrected chi connectivity index (χ0v) is 14.9. The summed E-state index contributed by atoms with van der Waals surface area (Å²) in [7, 11) is 2.90. The van der Waals surface area contributed by atoms with Crippen LogP contribution in [0.4, 0.5) is 0 Å². The van der Waals surface area contributed by atoms with Gasteiger partial charge in [-0.05, 0) is 61.0 Å². The monoisotopic (exact) mass is 348 g/mol. The average Bonchev–Trinajstić information content (AvgIpc) is 3.22. The minimum absolute atomic E-state index is 0.406. The maximum atomic E-state index is 11.8. The number of hydrogen-bond donors (Lipinski definition) is 2. The molecule has 0 radical (unpaired) electrons. The zero-order valence-electron chi connectivity index (χ0n) is 14.1. The lowest BCUT2D eigenvalue weighted by Crippen LogP contribution is -2.43. The number of benzene rings is 1. The molecule has 0 aromatic heterocycles. The summed E-state index contributed by atoms with van der Waals surface area (Å²) in [6, 6.07) is 5.98. The molecule has 6 heteroatoms. The Morgan fingerprint density at radius 2 is 2.12 bits per heavy atom. The number of esters is 1. The van der Waals surface area contributed by atoms with Gasteiger partial charge in [-0.1, -0.05) is 12.5 Å². The Balaban J connectivity index is 1.56. The lowest BCUT2D eigenvalue weighted by Gasteiger charge is -2.24. The molecule has 2 saturated carbocycles. The third kappa shape index (κ3) is 3.64. The highest BCUT2D eigenvalue weighted by molar-refractivity contribution is 7.80. The molecule has 3 rings (SSSR count). The van der Waals surface area contributed by atoms with Crippen LogP contribution in [0.5, 0.6) is 5.75 Å². The quantitative estimate of drug-likeness (QED) is 0.630. The summed E-state index contributed by atoms with van der Waals surface area (Å²) in [5.74, 6) is 1.77.